The maximum atomic E-state index is 10.5. The molecule has 0 aromatic carbocycles. The first-order chi connectivity index (χ1) is 7.06. The smallest absolute Gasteiger partial charge is 0.390 e. The summed E-state index contributed by atoms with van der Waals surface area (Å²) in [4.78, 5) is 13.7. The summed E-state index contributed by atoms with van der Waals surface area (Å²) in [5, 5.41) is 10.5. The first kappa shape index (κ1) is 11.6. The number of imidazole rings is 1. The van der Waals surface area contributed by atoms with Gasteiger partial charge in [0.2, 0.25) is 0 Å². The molecule has 1 aromatic rings. The lowest BCUT2D eigenvalue weighted by Crippen LogP contribution is -2.09. The third kappa shape index (κ3) is 2.76. The molecule has 1 rings (SSSR count). The molecular weight excluding hydrogens is 198 g/mol. The van der Waals surface area contributed by atoms with Crippen LogP contribution >= 0.6 is 0 Å². The highest BCUT2D eigenvalue weighted by Crippen LogP contribution is 2.12. The molecule has 1 heterocycles. The number of nitrogens with zero attached hydrogens (tertiary/aromatic N) is 3. The number of rotatable bonds is 5. The molecule has 0 saturated heterocycles. The Kier molecular flexibility index (Phi) is 3.79. The van der Waals surface area contributed by atoms with Gasteiger partial charge in [0.15, 0.2) is 0 Å². The summed E-state index contributed by atoms with van der Waals surface area (Å²) in [7, 11) is 1.61. The van der Waals surface area contributed by atoms with Gasteiger partial charge in [-0.05, 0) is 18.3 Å². The van der Waals surface area contributed by atoms with Gasteiger partial charge in [-0.15, -0.1) is 0 Å². The van der Waals surface area contributed by atoms with E-state index in [1.54, 1.807) is 7.05 Å². The van der Waals surface area contributed by atoms with Crippen LogP contribution in [0.25, 0.3) is 0 Å². The first-order valence-electron chi connectivity index (χ1n) is 4.82. The fourth-order valence-electron chi connectivity index (χ4n) is 1.08. The summed E-state index contributed by atoms with van der Waals surface area (Å²) < 4.78 is 6.90. The summed E-state index contributed by atoms with van der Waals surface area (Å²) in [6.07, 6.45) is 2.54. The Balaban J connectivity index is 2.67. The van der Waals surface area contributed by atoms with Gasteiger partial charge in [0, 0.05) is 0 Å². The lowest BCUT2D eigenvalue weighted by atomic mass is 10.3. The van der Waals surface area contributed by atoms with Crippen LogP contribution < -0.4 is 0 Å². The molecule has 1 atom stereocenters. The van der Waals surface area contributed by atoms with Crippen LogP contribution in [0.15, 0.2) is 6.20 Å². The van der Waals surface area contributed by atoms with Crippen molar-refractivity contribution < 1.29 is 9.66 Å². The van der Waals surface area contributed by atoms with Crippen molar-refractivity contribution in [2.75, 3.05) is 0 Å². The van der Waals surface area contributed by atoms with E-state index < -0.39 is 4.92 Å². The zero-order chi connectivity index (χ0) is 11.4. The normalized spacial score (nSPS) is 12.7. The Morgan fingerprint density at radius 2 is 2.40 bits per heavy atom. The van der Waals surface area contributed by atoms with Gasteiger partial charge in [-0.2, -0.15) is 0 Å². The van der Waals surface area contributed by atoms with E-state index in [0.717, 1.165) is 6.42 Å². The lowest BCUT2D eigenvalue weighted by Gasteiger charge is -2.08. The average Bonchev–Trinajstić information content (AvgIpc) is 2.56. The maximum absolute atomic E-state index is 10.5. The maximum Gasteiger partial charge on any atom is 0.434 e. The van der Waals surface area contributed by atoms with Crippen molar-refractivity contribution in [1.82, 2.24) is 9.55 Å². The van der Waals surface area contributed by atoms with Crippen LogP contribution in [0.1, 0.15) is 26.0 Å². The van der Waals surface area contributed by atoms with E-state index in [1.807, 2.05) is 13.8 Å². The molecule has 6 heteroatoms. The summed E-state index contributed by atoms with van der Waals surface area (Å²) in [6, 6.07) is 0. The largest absolute Gasteiger partial charge is 0.434 e. The lowest BCUT2D eigenvalue weighted by molar-refractivity contribution is -0.396. The minimum Gasteiger partial charge on any atom is -0.390 e. The van der Waals surface area contributed by atoms with Crippen LogP contribution in [0.5, 0.6) is 0 Å². The molecule has 0 fully saturated rings. The highest BCUT2D eigenvalue weighted by Gasteiger charge is 2.17. The monoisotopic (exact) mass is 213 g/mol. The van der Waals surface area contributed by atoms with Crippen molar-refractivity contribution in [3.05, 3.63) is 22.0 Å². The second-order valence-electron chi connectivity index (χ2n) is 3.40. The second-order valence-corrected chi connectivity index (χ2v) is 3.40. The van der Waals surface area contributed by atoms with E-state index >= 15 is 0 Å². The van der Waals surface area contributed by atoms with E-state index in [-0.39, 0.29) is 12.1 Å². The molecule has 0 bridgehead atoms. The van der Waals surface area contributed by atoms with Crippen molar-refractivity contribution in [1.29, 1.82) is 0 Å². The zero-order valence-corrected chi connectivity index (χ0v) is 9.14. The summed E-state index contributed by atoms with van der Waals surface area (Å²) in [5.41, 5.74) is 0.710. The van der Waals surface area contributed by atoms with Crippen LogP contribution in [0.3, 0.4) is 0 Å². The molecule has 84 valence electrons. The van der Waals surface area contributed by atoms with E-state index in [0.29, 0.717) is 12.3 Å². The molecule has 1 aromatic heterocycles. The number of nitro groups is 1. The Hall–Kier alpha value is -1.43. The van der Waals surface area contributed by atoms with Gasteiger partial charge in [-0.25, -0.2) is 4.57 Å². The van der Waals surface area contributed by atoms with Gasteiger partial charge in [0.1, 0.15) is 18.5 Å². The Morgan fingerprint density at radius 3 is 2.87 bits per heavy atom. The van der Waals surface area contributed by atoms with E-state index in [9.17, 15) is 10.1 Å². The second kappa shape index (κ2) is 4.88. The molecule has 0 amide bonds. The predicted molar refractivity (Wildman–Crippen MR) is 54.4 cm³/mol. The van der Waals surface area contributed by atoms with E-state index in [1.165, 1.54) is 10.8 Å². The van der Waals surface area contributed by atoms with Gasteiger partial charge in [-0.1, -0.05) is 11.9 Å². The number of hydrogen-bond acceptors (Lipinski definition) is 4. The van der Waals surface area contributed by atoms with Crippen LogP contribution in [0.4, 0.5) is 5.95 Å². The Labute approximate surface area is 88.0 Å². The predicted octanol–water partition coefficient (Wildman–Crippen LogP) is 1.64. The van der Waals surface area contributed by atoms with Gasteiger partial charge in [0.05, 0.1) is 13.2 Å². The number of hydrogen-bond donors (Lipinski definition) is 0. The molecule has 0 aliphatic carbocycles. The SMILES string of the molecule is CCC(C)OCc1cnc([N+](=O)[O-])n1C. The molecule has 0 aliphatic rings. The molecule has 0 aliphatic heterocycles. The quantitative estimate of drug-likeness (QED) is 0.550. The fourth-order valence-corrected chi connectivity index (χ4v) is 1.08. The van der Waals surface area contributed by atoms with E-state index in [4.69, 9.17) is 4.74 Å². The molecule has 1 unspecified atom stereocenters. The summed E-state index contributed by atoms with van der Waals surface area (Å²) in [5.74, 6) is -0.155. The molecule has 0 saturated carbocycles. The summed E-state index contributed by atoms with van der Waals surface area (Å²) in [6.45, 7) is 4.34. The third-order valence-electron chi connectivity index (χ3n) is 2.31. The van der Waals surface area contributed by atoms with Crippen LogP contribution in [-0.4, -0.2) is 20.6 Å². The van der Waals surface area contributed by atoms with Crippen molar-refractivity contribution in [3.63, 3.8) is 0 Å². The van der Waals surface area contributed by atoms with Gasteiger partial charge in [-0.3, -0.25) is 0 Å². The van der Waals surface area contributed by atoms with Crippen molar-refractivity contribution >= 4 is 5.95 Å². The van der Waals surface area contributed by atoms with E-state index in [2.05, 4.69) is 4.98 Å². The fraction of sp³-hybridized carbons (Fsp3) is 0.667. The first-order valence-corrected chi connectivity index (χ1v) is 4.82. The Morgan fingerprint density at radius 1 is 1.73 bits per heavy atom. The average molecular weight is 213 g/mol. The Bertz CT molecular complexity index is 348. The highest BCUT2D eigenvalue weighted by molar-refractivity contribution is 5.13. The van der Waals surface area contributed by atoms with Gasteiger partial charge in [0.25, 0.3) is 0 Å². The van der Waals surface area contributed by atoms with Gasteiger partial charge >= 0.3 is 5.95 Å². The van der Waals surface area contributed by atoms with Crippen LogP contribution in [0.2, 0.25) is 0 Å². The van der Waals surface area contributed by atoms with Gasteiger partial charge < -0.3 is 14.9 Å². The third-order valence-corrected chi connectivity index (χ3v) is 2.31. The molecule has 6 nitrogen and oxygen atoms in total. The molecular formula is C9H15N3O3. The summed E-state index contributed by atoms with van der Waals surface area (Å²) >= 11 is 0. The van der Waals surface area contributed by atoms with Crippen LogP contribution in [0, 0.1) is 10.1 Å². The van der Waals surface area contributed by atoms with Crippen molar-refractivity contribution in [2.24, 2.45) is 7.05 Å². The zero-order valence-electron chi connectivity index (χ0n) is 9.14. The van der Waals surface area contributed by atoms with Crippen LogP contribution in [-0.2, 0) is 18.4 Å². The minimum absolute atomic E-state index is 0.152. The molecule has 0 radical (unpaired) electrons. The highest BCUT2D eigenvalue weighted by atomic mass is 16.6. The number of aromatic nitrogens is 2. The molecule has 15 heavy (non-hydrogen) atoms. The van der Waals surface area contributed by atoms with Crippen molar-refractivity contribution in [2.45, 2.75) is 33.0 Å². The number of ether oxygens (including phenoxy) is 1. The topological polar surface area (TPSA) is 70.2 Å². The minimum atomic E-state index is -0.507. The molecule has 0 spiro atoms. The molecule has 0 N–H and O–H groups in total. The van der Waals surface area contributed by atoms with Crippen molar-refractivity contribution in [3.8, 4) is 0 Å². The standard InChI is InChI=1S/C9H15N3O3/c1-4-7(2)15-6-8-5-10-9(11(8)3)12(13)14/h5,7H,4,6H2,1-3H3.